The van der Waals surface area contributed by atoms with Crippen molar-refractivity contribution in [1.29, 1.82) is 0 Å². The molecule has 154 valence electrons. The van der Waals surface area contributed by atoms with Crippen LogP contribution in [0.3, 0.4) is 0 Å². The van der Waals surface area contributed by atoms with Crippen LogP contribution >= 0.6 is 0 Å². The molecule has 0 aliphatic rings. The first-order chi connectivity index (χ1) is 14.4. The molecular weight excluding hydrogens is 408 g/mol. The molecular formula is C19H18N6O4S. The number of hydrogen-bond acceptors (Lipinski definition) is 8. The molecule has 0 saturated heterocycles. The highest BCUT2D eigenvalue weighted by Crippen LogP contribution is 2.32. The maximum absolute atomic E-state index is 11.7. The number of methoxy groups -OCH3 is 2. The highest BCUT2D eigenvalue weighted by Gasteiger charge is 2.15. The van der Waals surface area contributed by atoms with Crippen molar-refractivity contribution in [1.82, 2.24) is 20.2 Å². The number of hydrogen-bond donors (Lipinski definition) is 3. The molecule has 0 spiro atoms. The summed E-state index contributed by atoms with van der Waals surface area (Å²) in [6, 6.07) is 11.5. The van der Waals surface area contributed by atoms with E-state index in [1.807, 2.05) is 6.07 Å². The van der Waals surface area contributed by atoms with Gasteiger partial charge in [-0.3, -0.25) is 5.10 Å². The summed E-state index contributed by atoms with van der Waals surface area (Å²) < 4.78 is 34.0. The van der Waals surface area contributed by atoms with Crippen LogP contribution in [0.2, 0.25) is 0 Å². The summed E-state index contributed by atoms with van der Waals surface area (Å²) in [4.78, 5) is 9.00. The maximum atomic E-state index is 11.7. The zero-order valence-corrected chi connectivity index (χ0v) is 16.9. The van der Waals surface area contributed by atoms with Crippen molar-refractivity contribution >= 4 is 32.6 Å². The van der Waals surface area contributed by atoms with Gasteiger partial charge >= 0.3 is 0 Å². The van der Waals surface area contributed by atoms with E-state index in [4.69, 9.17) is 14.6 Å². The number of sulfonamides is 1. The van der Waals surface area contributed by atoms with Crippen molar-refractivity contribution in [3.05, 3.63) is 48.7 Å². The Hall–Kier alpha value is -3.70. The van der Waals surface area contributed by atoms with Crippen molar-refractivity contribution in [2.24, 2.45) is 5.14 Å². The highest BCUT2D eigenvalue weighted by molar-refractivity contribution is 7.89. The second-order valence-corrected chi connectivity index (χ2v) is 7.86. The van der Waals surface area contributed by atoms with Crippen LogP contribution in [0.15, 0.2) is 53.6 Å². The second kappa shape index (κ2) is 7.61. The lowest BCUT2D eigenvalue weighted by molar-refractivity contribution is 0.355. The van der Waals surface area contributed by atoms with Crippen molar-refractivity contribution in [3.63, 3.8) is 0 Å². The van der Waals surface area contributed by atoms with E-state index >= 15 is 0 Å². The lowest BCUT2D eigenvalue weighted by Crippen LogP contribution is -2.12. The fourth-order valence-corrected chi connectivity index (χ4v) is 3.48. The number of primary sulfonamides is 1. The molecule has 0 bridgehead atoms. The van der Waals surface area contributed by atoms with Crippen LogP contribution < -0.4 is 19.9 Å². The van der Waals surface area contributed by atoms with Gasteiger partial charge in [-0.05, 0) is 24.3 Å². The molecule has 10 nitrogen and oxygen atoms in total. The standard InChI is InChI=1S/C19H18N6O4S/c1-28-15-7-6-12(9-16(15)29-2)22-19-17-14(10-21-25-17)23-18(24-19)11-4-3-5-13(8-11)30(20,26)27/h3-10H,1-2H3,(H,21,25)(H2,20,26,27)(H,22,23,24). The van der Waals surface area contributed by atoms with Crippen molar-refractivity contribution in [2.45, 2.75) is 4.90 Å². The van der Waals surface area contributed by atoms with E-state index in [1.54, 1.807) is 44.7 Å². The van der Waals surface area contributed by atoms with Gasteiger partial charge in [0, 0.05) is 17.3 Å². The Kier molecular flexibility index (Phi) is 4.98. The predicted octanol–water partition coefficient (Wildman–Crippen LogP) is 2.43. The summed E-state index contributed by atoms with van der Waals surface area (Å²) in [6.45, 7) is 0. The van der Waals surface area contributed by atoms with Gasteiger partial charge in [0.05, 0.1) is 25.3 Å². The fraction of sp³-hybridized carbons (Fsp3) is 0.105. The molecule has 4 N–H and O–H groups in total. The van der Waals surface area contributed by atoms with Gasteiger partial charge in [-0.1, -0.05) is 12.1 Å². The Labute approximate surface area is 172 Å². The first-order valence-corrected chi connectivity index (χ1v) is 10.3. The lowest BCUT2D eigenvalue weighted by atomic mass is 10.2. The van der Waals surface area contributed by atoms with Crippen molar-refractivity contribution < 1.29 is 17.9 Å². The van der Waals surface area contributed by atoms with E-state index < -0.39 is 10.0 Å². The largest absolute Gasteiger partial charge is 0.493 e. The van der Waals surface area contributed by atoms with Gasteiger partial charge in [0.15, 0.2) is 23.1 Å². The molecule has 11 heteroatoms. The van der Waals surface area contributed by atoms with E-state index in [0.29, 0.717) is 45.4 Å². The molecule has 4 aromatic rings. The van der Waals surface area contributed by atoms with E-state index in [1.165, 1.54) is 12.1 Å². The minimum atomic E-state index is -3.85. The molecule has 2 aromatic heterocycles. The molecule has 2 heterocycles. The van der Waals surface area contributed by atoms with E-state index in [9.17, 15) is 8.42 Å². The number of benzene rings is 2. The zero-order valence-electron chi connectivity index (χ0n) is 16.1. The van der Waals surface area contributed by atoms with E-state index in [0.717, 1.165) is 0 Å². The summed E-state index contributed by atoms with van der Waals surface area (Å²) in [5, 5.41) is 15.3. The Morgan fingerprint density at radius 1 is 1.03 bits per heavy atom. The quantitative estimate of drug-likeness (QED) is 0.426. The normalized spacial score (nSPS) is 11.4. The van der Waals surface area contributed by atoms with Gasteiger partial charge < -0.3 is 14.8 Å². The Bertz CT molecular complexity index is 1340. The van der Waals surface area contributed by atoms with Gasteiger partial charge in [-0.2, -0.15) is 5.10 Å². The lowest BCUT2D eigenvalue weighted by Gasteiger charge is -2.12. The van der Waals surface area contributed by atoms with Crippen LogP contribution in [0.4, 0.5) is 11.5 Å². The van der Waals surface area contributed by atoms with Crippen LogP contribution in [-0.4, -0.2) is 42.8 Å². The smallest absolute Gasteiger partial charge is 0.238 e. The summed E-state index contributed by atoms with van der Waals surface area (Å²) in [6.07, 6.45) is 1.56. The average Bonchev–Trinajstić information content (AvgIpc) is 3.22. The minimum Gasteiger partial charge on any atom is -0.493 e. The van der Waals surface area contributed by atoms with Crippen LogP contribution in [0, 0.1) is 0 Å². The monoisotopic (exact) mass is 426 g/mol. The molecule has 4 rings (SSSR count). The van der Waals surface area contributed by atoms with Gasteiger partial charge in [-0.25, -0.2) is 23.5 Å². The molecule has 0 aliphatic heterocycles. The maximum Gasteiger partial charge on any atom is 0.238 e. The van der Waals surface area contributed by atoms with Crippen LogP contribution in [0.25, 0.3) is 22.4 Å². The van der Waals surface area contributed by atoms with Gasteiger partial charge in [0.1, 0.15) is 11.0 Å². The number of fused-ring (bicyclic) bond motifs is 1. The number of aromatic nitrogens is 4. The number of ether oxygens (including phenoxy) is 2. The summed E-state index contributed by atoms with van der Waals surface area (Å²) in [7, 11) is -0.741. The number of anilines is 2. The molecule has 0 radical (unpaired) electrons. The highest BCUT2D eigenvalue weighted by atomic mass is 32.2. The average molecular weight is 426 g/mol. The SMILES string of the molecule is COc1ccc(Nc2nc(-c3cccc(S(N)(=O)=O)c3)nc3cn[nH]c23)cc1OC. The van der Waals surface area contributed by atoms with E-state index in [2.05, 4.69) is 25.5 Å². The number of aromatic amines is 1. The molecule has 0 fully saturated rings. The van der Waals surface area contributed by atoms with Crippen LogP contribution in [0.5, 0.6) is 11.5 Å². The van der Waals surface area contributed by atoms with Crippen LogP contribution in [-0.2, 0) is 10.0 Å². The van der Waals surface area contributed by atoms with Gasteiger partial charge in [0.2, 0.25) is 10.0 Å². The summed E-state index contributed by atoms with van der Waals surface area (Å²) in [5.41, 5.74) is 2.35. The minimum absolute atomic E-state index is 0.0229. The Morgan fingerprint density at radius 2 is 1.83 bits per heavy atom. The van der Waals surface area contributed by atoms with Gasteiger partial charge in [-0.15, -0.1) is 0 Å². The molecule has 0 unspecified atom stereocenters. The number of H-pyrrole nitrogens is 1. The number of nitrogens with zero attached hydrogens (tertiary/aromatic N) is 3. The number of nitrogens with one attached hydrogen (secondary N) is 2. The zero-order chi connectivity index (χ0) is 21.3. The molecule has 0 saturated carbocycles. The molecule has 30 heavy (non-hydrogen) atoms. The molecule has 0 atom stereocenters. The third-order valence-corrected chi connectivity index (χ3v) is 5.28. The van der Waals surface area contributed by atoms with Crippen molar-refractivity contribution in [3.8, 4) is 22.9 Å². The molecule has 2 aromatic carbocycles. The predicted molar refractivity (Wildman–Crippen MR) is 111 cm³/mol. The number of rotatable bonds is 6. The van der Waals surface area contributed by atoms with Crippen LogP contribution in [0.1, 0.15) is 0 Å². The summed E-state index contributed by atoms with van der Waals surface area (Å²) >= 11 is 0. The first kappa shape index (κ1) is 19.6. The first-order valence-electron chi connectivity index (χ1n) is 8.72. The van der Waals surface area contributed by atoms with Crippen molar-refractivity contribution in [2.75, 3.05) is 19.5 Å². The third-order valence-electron chi connectivity index (χ3n) is 4.37. The third kappa shape index (κ3) is 3.75. The van der Waals surface area contributed by atoms with E-state index in [-0.39, 0.29) is 4.90 Å². The van der Waals surface area contributed by atoms with Gasteiger partial charge in [0.25, 0.3) is 0 Å². The fourth-order valence-electron chi connectivity index (χ4n) is 2.92. The molecule has 0 aliphatic carbocycles. The number of nitrogens with two attached hydrogens (primary N) is 1. The Morgan fingerprint density at radius 3 is 2.57 bits per heavy atom. The molecule has 0 amide bonds. The topological polar surface area (TPSA) is 145 Å². The second-order valence-electron chi connectivity index (χ2n) is 6.29. The summed E-state index contributed by atoms with van der Waals surface area (Å²) in [5.74, 6) is 1.93. The Balaban J connectivity index is 1.80.